The average molecular weight is 208 g/mol. The Kier molecular flexibility index (Phi) is 2.50. The molecule has 15 heavy (non-hydrogen) atoms. The van der Waals surface area contributed by atoms with Crippen LogP contribution in [0.3, 0.4) is 0 Å². The molecule has 1 aliphatic rings. The second kappa shape index (κ2) is 3.68. The summed E-state index contributed by atoms with van der Waals surface area (Å²) in [7, 11) is 0. The number of aromatic carboxylic acids is 1. The average Bonchev–Trinajstić information content (AvgIpc) is 2.95. The number of carboxylic acid groups (broad SMARTS) is 1. The molecule has 1 atom stereocenters. The van der Waals surface area contributed by atoms with E-state index in [1.807, 2.05) is 4.68 Å². The molecule has 2 rings (SSSR count). The van der Waals surface area contributed by atoms with Crippen molar-refractivity contribution in [2.75, 3.05) is 0 Å². The van der Waals surface area contributed by atoms with Gasteiger partial charge in [-0.3, -0.25) is 4.68 Å². The van der Waals surface area contributed by atoms with Gasteiger partial charge in [0.1, 0.15) is 5.56 Å². The van der Waals surface area contributed by atoms with Gasteiger partial charge in [-0.15, -0.1) is 0 Å². The monoisotopic (exact) mass is 208 g/mol. The molecule has 0 amide bonds. The van der Waals surface area contributed by atoms with Crippen LogP contribution in [-0.4, -0.2) is 20.9 Å². The fourth-order valence-electron chi connectivity index (χ4n) is 1.82. The number of nitrogens with zero attached hydrogens (tertiary/aromatic N) is 2. The molecule has 0 bridgehead atoms. The number of aromatic nitrogens is 2. The van der Waals surface area contributed by atoms with E-state index in [0.29, 0.717) is 11.5 Å². The molecule has 0 radical (unpaired) electrons. The van der Waals surface area contributed by atoms with Crippen LogP contribution in [-0.2, 0) is 0 Å². The maximum atomic E-state index is 11.0. The van der Waals surface area contributed by atoms with E-state index >= 15 is 0 Å². The second-order valence-corrected chi connectivity index (χ2v) is 4.22. The van der Waals surface area contributed by atoms with E-state index < -0.39 is 5.97 Å². The Bertz CT molecular complexity index is 380. The fraction of sp³-hybridized carbons (Fsp3) is 0.636. The molecule has 0 aliphatic heterocycles. The van der Waals surface area contributed by atoms with E-state index in [1.54, 1.807) is 0 Å². The normalized spacial score (nSPS) is 17.7. The van der Waals surface area contributed by atoms with Gasteiger partial charge in [-0.25, -0.2) is 4.79 Å². The van der Waals surface area contributed by atoms with Crippen molar-refractivity contribution in [2.24, 2.45) is 0 Å². The number of carbonyl (C=O) groups is 1. The zero-order valence-electron chi connectivity index (χ0n) is 9.10. The number of hydrogen-bond acceptors (Lipinski definition) is 2. The van der Waals surface area contributed by atoms with Gasteiger partial charge >= 0.3 is 5.97 Å². The van der Waals surface area contributed by atoms with Crippen molar-refractivity contribution in [2.45, 2.75) is 45.1 Å². The van der Waals surface area contributed by atoms with Gasteiger partial charge in [0, 0.05) is 12.0 Å². The van der Waals surface area contributed by atoms with E-state index in [1.165, 1.54) is 6.20 Å². The minimum Gasteiger partial charge on any atom is -0.478 e. The Morgan fingerprint density at radius 3 is 2.87 bits per heavy atom. The van der Waals surface area contributed by atoms with Crippen LogP contribution >= 0.6 is 0 Å². The van der Waals surface area contributed by atoms with Crippen molar-refractivity contribution in [1.82, 2.24) is 9.78 Å². The molecule has 0 spiro atoms. The number of hydrogen-bond donors (Lipinski definition) is 1. The van der Waals surface area contributed by atoms with Gasteiger partial charge in [0.2, 0.25) is 0 Å². The van der Waals surface area contributed by atoms with Crippen molar-refractivity contribution >= 4 is 5.97 Å². The van der Waals surface area contributed by atoms with Gasteiger partial charge in [0.25, 0.3) is 0 Å². The van der Waals surface area contributed by atoms with E-state index in [4.69, 9.17) is 5.11 Å². The molecule has 0 unspecified atom stereocenters. The summed E-state index contributed by atoms with van der Waals surface area (Å²) in [6.45, 7) is 4.16. The third kappa shape index (κ3) is 1.76. The van der Waals surface area contributed by atoms with Gasteiger partial charge in [-0.05, 0) is 26.2 Å². The number of rotatable bonds is 4. The lowest BCUT2D eigenvalue weighted by atomic mass is 10.1. The predicted molar refractivity (Wildman–Crippen MR) is 56.2 cm³/mol. The highest BCUT2D eigenvalue weighted by Crippen LogP contribution is 2.42. The summed E-state index contributed by atoms with van der Waals surface area (Å²) in [6, 6.07) is 0.286. The van der Waals surface area contributed by atoms with Gasteiger partial charge in [0.15, 0.2) is 0 Å². The smallest absolute Gasteiger partial charge is 0.339 e. The first-order valence-corrected chi connectivity index (χ1v) is 5.45. The van der Waals surface area contributed by atoms with E-state index in [9.17, 15) is 4.79 Å². The first kappa shape index (κ1) is 10.2. The maximum Gasteiger partial charge on any atom is 0.339 e. The van der Waals surface area contributed by atoms with Gasteiger partial charge in [-0.1, -0.05) is 6.92 Å². The Balaban J connectivity index is 2.42. The summed E-state index contributed by atoms with van der Waals surface area (Å²) in [6.07, 6.45) is 4.66. The highest BCUT2D eigenvalue weighted by Gasteiger charge is 2.33. The largest absolute Gasteiger partial charge is 0.478 e. The van der Waals surface area contributed by atoms with Crippen LogP contribution in [0.1, 0.15) is 61.1 Å². The minimum absolute atomic E-state index is 0.286. The van der Waals surface area contributed by atoms with Crippen LogP contribution in [0.25, 0.3) is 0 Å². The summed E-state index contributed by atoms with van der Waals surface area (Å²) >= 11 is 0. The van der Waals surface area contributed by atoms with Gasteiger partial charge in [-0.2, -0.15) is 5.10 Å². The zero-order chi connectivity index (χ0) is 11.0. The molecule has 1 aromatic rings. The topological polar surface area (TPSA) is 55.1 Å². The second-order valence-electron chi connectivity index (χ2n) is 4.22. The summed E-state index contributed by atoms with van der Waals surface area (Å²) in [5.74, 6) is -0.431. The molecule has 1 aromatic heterocycles. The Hall–Kier alpha value is -1.32. The van der Waals surface area contributed by atoms with Gasteiger partial charge < -0.3 is 5.11 Å². The molecule has 1 N–H and O–H groups in total. The van der Waals surface area contributed by atoms with Crippen LogP contribution in [0.4, 0.5) is 0 Å². The SMILES string of the molecule is CC[C@@H](C)n1ncc(C(=O)O)c1C1CC1. The third-order valence-electron chi connectivity index (χ3n) is 3.04. The highest BCUT2D eigenvalue weighted by atomic mass is 16.4. The quantitative estimate of drug-likeness (QED) is 0.826. The number of carboxylic acids is 1. The van der Waals surface area contributed by atoms with Crippen LogP contribution < -0.4 is 0 Å². The lowest BCUT2D eigenvalue weighted by Gasteiger charge is -2.13. The first-order chi connectivity index (χ1) is 7.15. The molecule has 4 nitrogen and oxygen atoms in total. The van der Waals surface area contributed by atoms with Gasteiger partial charge in [0.05, 0.1) is 11.9 Å². The molecule has 1 heterocycles. The Morgan fingerprint density at radius 1 is 1.73 bits per heavy atom. The molecule has 4 heteroatoms. The molecular formula is C11H16N2O2. The maximum absolute atomic E-state index is 11.0. The molecule has 82 valence electrons. The van der Waals surface area contributed by atoms with Crippen LogP contribution in [0.2, 0.25) is 0 Å². The Morgan fingerprint density at radius 2 is 2.40 bits per heavy atom. The molecular weight excluding hydrogens is 192 g/mol. The van der Waals surface area contributed by atoms with Crippen LogP contribution in [0, 0.1) is 0 Å². The van der Waals surface area contributed by atoms with E-state index in [2.05, 4.69) is 18.9 Å². The van der Waals surface area contributed by atoms with Crippen molar-refractivity contribution in [3.05, 3.63) is 17.5 Å². The van der Waals surface area contributed by atoms with Crippen molar-refractivity contribution in [1.29, 1.82) is 0 Å². The molecule has 1 saturated carbocycles. The highest BCUT2D eigenvalue weighted by molar-refractivity contribution is 5.89. The van der Waals surface area contributed by atoms with Crippen molar-refractivity contribution in [3.63, 3.8) is 0 Å². The Labute approximate surface area is 88.9 Å². The minimum atomic E-state index is -0.855. The lowest BCUT2D eigenvalue weighted by molar-refractivity contribution is 0.0695. The molecule has 1 aliphatic carbocycles. The van der Waals surface area contributed by atoms with E-state index in [0.717, 1.165) is 25.0 Å². The standard InChI is InChI=1S/C11H16N2O2/c1-3-7(2)13-10(8-4-5-8)9(6-12-13)11(14)15/h6-8H,3-5H2,1-2H3,(H,14,15)/t7-/m1/s1. The summed E-state index contributed by atoms with van der Waals surface area (Å²) < 4.78 is 1.89. The summed E-state index contributed by atoms with van der Waals surface area (Å²) in [4.78, 5) is 11.0. The molecule has 0 saturated heterocycles. The lowest BCUT2D eigenvalue weighted by Crippen LogP contribution is -2.11. The molecule has 1 fully saturated rings. The predicted octanol–water partition coefficient (Wildman–Crippen LogP) is 2.43. The van der Waals surface area contributed by atoms with Crippen LogP contribution in [0.5, 0.6) is 0 Å². The summed E-state index contributed by atoms with van der Waals surface area (Å²) in [5, 5.41) is 13.3. The van der Waals surface area contributed by atoms with E-state index in [-0.39, 0.29) is 6.04 Å². The first-order valence-electron chi connectivity index (χ1n) is 5.45. The molecule has 0 aromatic carbocycles. The summed E-state index contributed by atoms with van der Waals surface area (Å²) in [5.41, 5.74) is 1.31. The third-order valence-corrected chi connectivity index (χ3v) is 3.04. The van der Waals surface area contributed by atoms with Crippen molar-refractivity contribution in [3.8, 4) is 0 Å². The fourth-order valence-corrected chi connectivity index (χ4v) is 1.82. The zero-order valence-corrected chi connectivity index (χ0v) is 9.10. The van der Waals surface area contributed by atoms with Crippen molar-refractivity contribution < 1.29 is 9.90 Å². The van der Waals surface area contributed by atoms with Crippen LogP contribution in [0.15, 0.2) is 6.20 Å².